The predicted octanol–water partition coefficient (Wildman–Crippen LogP) is 3.93. The molecule has 3 aromatic carbocycles. The van der Waals surface area contributed by atoms with Crippen LogP contribution in [0.15, 0.2) is 71.8 Å². The number of amides is 1. The summed E-state index contributed by atoms with van der Waals surface area (Å²) in [5.41, 5.74) is 5.26. The largest absolute Gasteiger partial charge is 0.497 e. The van der Waals surface area contributed by atoms with Crippen LogP contribution < -0.4 is 10.2 Å². The molecule has 0 bridgehead atoms. The second kappa shape index (κ2) is 7.62. The van der Waals surface area contributed by atoms with E-state index >= 15 is 0 Å². The number of methoxy groups -OCH3 is 1. The number of rotatable bonds is 5. The Morgan fingerprint density at radius 2 is 1.80 bits per heavy atom. The highest BCUT2D eigenvalue weighted by Gasteiger charge is 2.07. The molecule has 0 radical (unpaired) electrons. The van der Waals surface area contributed by atoms with Gasteiger partial charge in [-0.2, -0.15) is 5.10 Å². The lowest BCUT2D eigenvalue weighted by Crippen LogP contribution is -2.21. The lowest BCUT2D eigenvalue weighted by atomic mass is 10.0. The van der Waals surface area contributed by atoms with Gasteiger partial charge in [0.15, 0.2) is 0 Å². The van der Waals surface area contributed by atoms with Crippen LogP contribution in [0, 0.1) is 0 Å². The molecule has 0 atom stereocenters. The topological polar surface area (TPSA) is 50.7 Å². The molecular formula is C21H20N2O2. The third kappa shape index (κ3) is 4.04. The van der Waals surface area contributed by atoms with Crippen molar-refractivity contribution in [2.75, 3.05) is 7.11 Å². The summed E-state index contributed by atoms with van der Waals surface area (Å²) in [4.78, 5) is 12.3. The summed E-state index contributed by atoms with van der Waals surface area (Å²) in [6, 6.07) is 21.6. The Kier molecular flexibility index (Phi) is 5.09. The van der Waals surface area contributed by atoms with Crippen molar-refractivity contribution >= 4 is 22.4 Å². The van der Waals surface area contributed by atoms with Gasteiger partial charge in [-0.25, -0.2) is 5.43 Å². The van der Waals surface area contributed by atoms with E-state index in [-0.39, 0.29) is 12.3 Å². The molecule has 0 saturated heterocycles. The van der Waals surface area contributed by atoms with Gasteiger partial charge in [-0.1, -0.05) is 54.6 Å². The van der Waals surface area contributed by atoms with Gasteiger partial charge < -0.3 is 4.74 Å². The molecule has 0 aliphatic carbocycles. The maximum absolute atomic E-state index is 12.3. The van der Waals surface area contributed by atoms with E-state index in [9.17, 15) is 4.79 Å². The first-order valence-corrected chi connectivity index (χ1v) is 8.11. The molecular weight excluding hydrogens is 312 g/mol. The number of ether oxygens (including phenoxy) is 1. The molecule has 126 valence electrons. The number of nitrogens with zero attached hydrogens (tertiary/aromatic N) is 1. The van der Waals surface area contributed by atoms with E-state index in [1.165, 1.54) is 0 Å². The molecule has 4 nitrogen and oxygen atoms in total. The van der Waals surface area contributed by atoms with Crippen molar-refractivity contribution < 1.29 is 9.53 Å². The third-order valence-electron chi connectivity index (χ3n) is 4.07. The summed E-state index contributed by atoms with van der Waals surface area (Å²) in [5.74, 6) is 0.618. The first-order valence-electron chi connectivity index (χ1n) is 8.11. The molecule has 1 N–H and O–H groups in total. The Bertz CT molecular complexity index is 927. The summed E-state index contributed by atoms with van der Waals surface area (Å²) in [5, 5.41) is 6.43. The van der Waals surface area contributed by atoms with Gasteiger partial charge in [0.2, 0.25) is 5.91 Å². The van der Waals surface area contributed by atoms with Gasteiger partial charge in [0.25, 0.3) is 0 Å². The Morgan fingerprint density at radius 3 is 2.64 bits per heavy atom. The molecule has 25 heavy (non-hydrogen) atoms. The Hall–Kier alpha value is -3.14. The van der Waals surface area contributed by atoms with Gasteiger partial charge in [-0.15, -0.1) is 0 Å². The SMILES string of the molecule is COc1cccc(/C(C)=N\NC(=O)Cc2cccc3ccccc23)c1. The van der Waals surface area contributed by atoms with E-state index in [1.807, 2.05) is 73.7 Å². The summed E-state index contributed by atoms with van der Waals surface area (Å²) >= 11 is 0. The van der Waals surface area contributed by atoms with Crippen LogP contribution in [0.25, 0.3) is 10.8 Å². The number of fused-ring (bicyclic) bond motifs is 1. The predicted molar refractivity (Wildman–Crippen MR) is 101 cm³/mol. The number of nitrogens with one attached hydrogen (secondary N) is 1. The van der Waals surface area contributed by atoms with Gasteiger partial charge in [-0.05, 0) is 35.4 Å². The highest BCUT2D eigenvalue weighted by Crippen LogP contribution is 2.19. The monoisotopic (exact) mass is 332 g/mol. The summed E-state index contributed by atoms with van der Waals surface area (Å²) < 4.78 is 5.21. The van der Waals surface area contributed by atoms with E-state index in [0.717, 1.165) is 33.4 Å². The van der Waals surface area contributed by atoms with E-state index < -0.39 is 0 Å². The molecule has 3 rings (SSSR count). The third-order valence-corrected chi connectivity index (χ3v) is 4.07. The number of hydrazone groups is 1. The van der Waals surface area contributed by atoms with Crippen molar-refractivity contribution in [2.45, 2.75) is 13.3 Å². The number of hydrogen-bond acceptors (Lipinski definition) is 3. The summed E-state index contributed by atoms with van der Waals surface area (Å²) in [7, 11) is 1.62. The van der Waals surface area contributed by atoms with E-state index in [1.54, 1.807) is 7.11 Å². The van der Waals surface area contributed by atoms with E-state index in [2.05, 4.69) is 10.5 Å². The maximum atomic E-state index is 12.3. The lowest BCUT2D eigenvalue weighted by molar-refractivity contribution is -0.120. The fourth-order valence-corrected chi connectivity index (χ4v) is 2.72. The van der Waals surface area contributed by atoms with Gasteiger partial charge in [-0.3, -0.25) is 4.79 Å². The Morgan fingerprint density at radius 1 is 1.04 bits per heavy atom. The zero-order valence-electron chi connectivity index (χ0n) is 14.3. The first kappa shape index (κ1) is 16.7. The second-order valence-electron chi connectivity index (χ2n) is 5.78. The maximum Gasteiger partial charge on any atom is 0.244 e. The molecule has 0 aliphatic rings. The molecule has 0 fully saturated rings. The average molecular weight is 332 g/mol. The minimum absolute atomic E-state index is 0.140. The van der Waals surface area contributed by atoms with Crippen molar-refractivity contribution in [1.82, 2.24) is 5.43 Å². The Balaban J connectivity index is 1.71. The molecule has 0 heterocycles. The zero-order chi connectivity index (χ0) is 17.6. The van der Waals surface area contributed by atoms with Crippen LogP contribution in [0.5, 0.6) is 5.75 Å². The Labute approximate surface area is 147 Å². The van der Waals surface area contributed by atoms with Crippen LogP contribution in [0.3, 0.4) is 0 Å². The van der Waals surface area contributed by atoms with Crippen molar-refractivity contribution in [3.63, 3.8) is 0 Å². The zero-order valence-corrected chi connectivity index (χ0v) is 14.3. The van der Waals surface area contributed by atoms with Crippen LogP contribution in [0.2, 0.25) is 0 Å². The van der Waals surface area contributed by atoms with Crippen LogP contribution in [0.1, 0.15) is 18.1 Å². The highest BCUT2D eigenvalue weighted by molar-refractivity contribution is 5.99. The molecule has 4 heteroatoms. The van der Waals surface area contributed by atoms with Crippen molar-refractivity contribution in [3.05, 3.63) is 77.9 Å². The van der Waals surface area contributed by atoms with Gasteiger partial charge in [0.05, 0.1) is 19.2 Å². The number of benzene rings is 3. The molecule has 0 spiro atoms. The first-order chi connectivity index (χ1) is 12.2. The van der Waals surface area contributed by atoms with E-state index in [4.69, 9.17) is 4.74 Å². The van der Waals surface area contributed by atoms with Crippen LogP contribution in [-0.4, -0.2) is 18.7 Å². The molecule has 0 unspecified atom stereocenters. The van der Waals surface area contributed by atoms with Crippen LogP contribution in [-0.2, 0) is 11.2 Å². The summed E-state index contributed by atoms with van der Waals surface area (Å²) in [6.45, 7) is 1.85. The lowest BCUT2D eigenvalue weighted by Gasteiger charge is -2.07. The minimum atomic E-state index is -0.140. The quantitative estimate of drug-likeness (QED) is 0.568. The molecule has 0 saturated carbocycles. The molecule has 3 aromatic rings. The van der Waals surface area contributed by atoms with Gasteiger partial charge in [0.1, 0.15) is 5.75 Å². The van der Waals surface area contributed by atoms with Crippen molar-refractivity contribution in [3.8, 4) is 5.75 Å². The fourth-order valence-electron chi connectivity index (χ4n) is 2.72. The van der Waals surface area contributed by atoms with Crippen molar-refractivity contribution in [2.24, 2.45) is 5.10 Å². The fraction of sp³-hybridized carbons (Fsp3) is 0.143. The number of carbonyl (C=O) groups excluding carboxylic acids is 1. The van der Waals surface area contributed by atoms with E-state index in [0.29, 0.717) is 0 Å². The normalized spacial score (nSPS) is 11.4. The van der Waals surface area contributed by atoms with Crippen molar-refractivity contribution in [1.29, 1.82) is 0 Å². The number of hydrogen-bond donors (Lipinski definition) is 1. The van der Waals surface area contributed by atoms with Crippen LogP contribution in [0.4, 0.5) is 0 Å². The second-order valence-corrected chi connectivity index (χ2v) is 5.78. The highest BCUT2D eigenvalue weighted by atomic mass is 16.5. The minimum Gasteiger partial charge on any atom is -0.497 e. The molecule has 0 aliphatic heterocycles. The molecule has 0 aromatic heterocycles. The smallest absolute Gasteiger partial charge is 0.244 e. The average Bonchev–Trinajstić information content (AvgIpc) is 2.66. The standard InChI is InChI=1S/C21H20N2O2/c1-15(17-9-6-11-19(13-17)25-2)22-23-21(24)14-18-10-5-8-16-7-3-4-12-20(16)18/h3-13H,14H2,1-2H3,(H,23,24)/b22-15-. The van der Waals surface area contributed by atoms with Gasteiger partial charge >= 0.3 is 0 Å². The van der Waals surface area contributed by atoms with Gasteiger partial charge in [0, 0.05) is 5.56 Å². The molecule has 1 amide bonds. The summed E-state index contributed by atoms with van der Waals surface area (Å²) in [6.07, 6.45) is 0.288. The van der Waals surface area contributed by atoms with Crippen LogP contribution >= 0.6 is 0 Å². The number of carbonyl (C=O) groups is 1.